The zero-order valence-corrected chi connectivity index (χ0v) is 11.2. The summed E-state index contributed by atoms with van der Waals surface area (Å²) in [5.74, 6) is -0.206. The molecule has 0 amide bonds. The summed E-state index contributed by atoms with van der Waals surface area (Å²) in [4.78, 5) is 0. The molecular weight excluding hydrogens is 243 g/mol. The predicted octanol–water partition coefficient (Wildman–Crippen LogP) is 3.31. The highest BCUT2D eigenvalue weighted by molar-refractivity contribution is 5.37. The van der Waals surface area contributed by atoms with Gasteiger partial charge in [-0.25, -0.2) is 4.39 Å². The van der Waals surface area contributed by atoms with Gasteiger partial charge in [0, 0.05) is 6.61 Å². The van der Waals surface area contributed by atoms with E-state index in [0.717, 1.165) is 62.7 Å². The molecule has 19 heavy (non-hydrogen) atoms. The van der Waals surface area contributed by atoms with Gasteiger partial charge < -0.3 is 9.84 Å². The maximum Gasteiger partial charge on any atom is 0.123 e. The van der Waals surface area contributed by atoms with Gasteiger partial charge in [-0.15, -0.1) is 0 Å². The molecule has 1 aliphatic heterocycles. The zero-order valence-electron chi connectivity index (χ0n) is 11.2. The number of rotatable bonds is 4. The minimum atomic E-state index is -0.748. The highest BCUT2D eigenvalue weighted by atomic mass is 19.1. The van der Waals surface area contributed by atoms with Crippen molar-refractivity contribution in [2.24, 2.45) is 0 Å². The Kier molecular flexibility index (Phi) is 3.59. The highest BCUT2D eigenvalue weighted by Gasteiger charge is 2.36. The quantitative estimate of drug-likeness (QED) is 0.904. The van der Waals surface area contributed by atoms with Gasteiger partial charge in [0.1, 0.15) is 5.82 Å². The molecule has 2 unspecified atom stereocenters. The van der Waals surface area contributed by atoms with Crippen molar-refractivity contribution in [2.75, 3.05) is 6.61 Å². The number of hydrogen-bond acceptors (Lipinski definition) is 2. The van der Waals surface area contributed by atoms with E-state index in [1.54, 1.807) is 12.1 Å². The van der Waals surface area contributed by atoms with Gasteiger partial charge in [-0.3, -0.25) is 0 Å². The monoisotopic (exact) mass is 264 g/mol. The predicted molar refractivity (Wildman–Crippen MR) is 71.4 cm³/mol. The molecule has 104 valence electrons. The fourth-order valence-electron chi connectivity index (χ4n) is 3.45. The van der Waals surface area contributed by atoms with Crippen molar-refractivity contribution in [1.29, 1.82) is 0 Å². The van der Waals surface area contributed by atoms with Crippen molar-refractivity contribution in [3.05, 3.63) is 35.1 Å². The lowest BCUT2D eigenvalue weighted by atomic mass is 9.89. The van der Waals surface area contributed by atoms with Crippen molar-refractivity contribution in [2.45, 2.75) is 56.7 Å². The van der Waals surface area contributed by atoms with Gasteiger partial charge in [0.15, 0.2) is 0 Å². The Balaban J connectivity index is 1.61. The van der Waals surface area contributed by atoms with Crippen LogP contribution in [0.3, 0.4) is 0 Å². The Morgan fingerprint density at radius 3 is 3.11 bits per heavy atom. The first kappa shape index (κ1) is 13.1. The van der Waals surface area contributed by atoms with Crippen molar-refractivity contribution in [3.8, 4) is 0 Å². The van der Waals surface area contributed by atoms with Crippen LogP contribution in [-0.2, 0) is 16.8 Å². The molecule has 1 aliphatic carbocycles. The van der Waals surface area contributed by atoms with Crippen LogP contribution in [0.5, 0.6) is 0 Å². The minimum Gasteiger partial charge on any atom is -0.385 e. The number of hydrogen-bond donors (Lipinski definition) is 1. The Labute approximate surface area is 113 Å². The lowest BCUT2D eigenvalue weighted by Crippen LogP contribution is -2.22. The third-order valence-corrected chi connectivity index (χ3v) is 4.52. The van der Waals surface area contributed by atoms with E-state index in [1.165, 1.54) is 6.07 Å². The van der Waals surface area contributed by atoms with Gasteiger partial charge in [0.2, 0.25) is 0 Å². The van der Waals surface area contributed by atoms with Crippen LogP contribution in [0.15, 0.2) is 18.2 Å². The van der Waals surface area contributed by atoms with Gasteiger partial charge >= 0.3 is 0 Å². The molecule has 1 heterocycles. The van der Waals surface area contributed by atoms with Crippen molar-refractivity contribution < 1.29 is 14.2 Å². The average Bonchev–Trinajstić information content (AvgIpc) is 2.99. The summed E-state index contributed by atoms with van der Waals surface area (Å²) in [6, 6.07) is 4.77. The molecule has 2 nitrogen and oxygen atoms in total. The summed E-state index contributed by atoms with van der Waals surface area (Å²) in [5.41, 5.74) is 1.16. The zero-order chi connectivity index (χ0) is 13.3. The van der Waals surface area contributed by atoms with Crippen LogP contribution < -0.4 is 0 Å². The number of halogens is 1. The van der Waals surface area contributed by atoms with E-state index < -0.39 is 5.60 Å². The maximum absolute atomic E-state index is 13.2. The molecule has 0 bridgehead atoms. The van der Waals surface area contributed by atoms with Crippen LogP contribution in [0.25, 0.3) is 0 Å². The van der Waals surface area contributed by atoms with Crippen LogP contribution >= 0.6 is 0 Å². The van der Waals surface area contributed by atoms with Gasteiger partial charge in [0.25, 0.3) is 0 Å². The molecule has 2 atom stereocenters. The SMILES string of the molecule is OC1(CCCC2CCCO2)CCc2cc(F)ccc21. The minimum absolute atomic E-state index is 0.206. The van der Waals surface area contributed by atoms with Crippen LogP contribution in [0.4, 0.5) is 4.39 Å². The largest absolute Gasteiger partial charge is 0.385 e. The molecule has 1 aromatic carbocycles. The summed E-state index contributed by atoms with van der Waals surface area (Å²) >= 11 is 0. The Bertz CT molecular complexity index is 454. The molecular formula is C16H21FO2. The maximum atomic E-state index is 13.2. The molecule has 1 fully saturated rings. The van der Waals surface area contributed by atoms with E-state index in [2.05, 4.69) is 0 Å². The normalized spacial score (nSPS) is 29.7. The number of aryl methyl sites for hydroxylation is 1. The second-order valence-electron chi connectivity index (χ2n) is 5.86. The topological polar surface area (TPSA) is 29.5 Å². The van der Waals surface area contributed by atoms with Crippen LogP contribution in [0.1, 0.15) is 49.7 Å². The third kappa shape index (κ3) is 2.67. The van der Waals surface area contributed by atoms with Crippen LogP contribution in [-0.4, -0.2) is 17.8 Å². The third-order valence-electron chi connectivity index (χ3n) is 4.52. The molecule has 3 rings (SSSR count). The highest BCUT2D eigenvalue weighted by Crippen LogP contribution is 2.41. The average molecular weight is 264 g/mol. The first-order chi connectivity index (χ1) is 9.17. The number of benzene rings is 1. The molecule has 3 heteroatoms. The Hall–Kier alpha value is -0.930. The molecule has 0 radical (unpaired) electrons. The summed E-state index contributed by atoms with van der Waals surface area (Å²) in [7, 11) is 0. The molecule has 1 aromatic rings. The summed E-state index contributed by atoms with van der Waals surface area (Å²) in [6.07, 6.45) is 6.96. The first-order valence-electron chi connectivity index (χ1n) is 7.30. The smallest absolute Gasteiger partial charge is 0.123 e. The molecule has 0 saturated carbocycles. The molecule has 0 aromatic heterocycles. The van der Waals surface area contributed by atoms with Gasteiger partial charge in [0.05, 0.1) is 11.7 Å². The number of ether oxygens (including phenoxy) is 1. The number of aliphatic hydroxyl groups is 1. The Morgan fingerprint density at radius 1 is 1.42 bits per heavy atom. The molecule has 2 aliphatic rings. The summed E-state index contributed by atoms with van der Waals surface area (Å²) in [6.45, 7) is 0.886. The van der Waals surface area contributed by atoms with Crippen molar-refractivity contribution in [3.63, 3.8) is 0 Å². The van der Waals surface area contributed by atoms with Crippen LogP contribution in [0.2, 0.25) is 0 Å². The van der Waals surface area contributed by atoms with E-state index >= 15 is 0 Å². The fraction of sp³-hybridized carbons (Fsp3) is 0.625. The first-order valence-corrected chi connectivity index (χ1v) is 7.30. The summed E-state index contributed by atoms with van der Waals surface area (Å²) < 4.78 is 18.8. The standard InChI is InChI=1S/C16H21FO2/c17-13-5-6-15-12(11-13)7-9-16(15,18)8-1-3-14-4-2-10-19-14/h5-6,11,14,18H,1-4,7-10H2. The second kappa shape index (κ2) is 5.22. The van der Waals surface area contributed by atoms with Gasteiger partial charge in [-0.2, -0.15) is 0 Å². The van der Waals surface area contributed by atoms with Crippen molar-refractivity contribution >= 4 is 0 Å². The Morgan fingerprint density at radius 2 is 2.32 bits per heavy atom. The lowest BCUT2D eigenvalue weighted by molar-refractivity contribution is 0.0210. The van der Waals surface area contributed by atoms with E-state index in [0.29, 0.717) is 6.10 Å². The van der Waals surface area contributed by atoms with Gasteiger partial charge in [-0.1, -0.05) is 6.07 Å². The second-order valence-corrected chi connectivity index (χ2v) is 5.86. The van der Waals surface area contributed by atoms with E-state index in [1.807, 2.05) is 0 Å². The van der Waals surface area contributed by atoms with Gasteiger partial charge in [-0.05, 0) is 68.2 Å². The summed E-state index contributed by atoms with van der Waals surface area (Å²) in [5, 5.41) is 10.7. The number of fused-ring (bicyclic) bond motifs is 1. The van der Waals surface area contributed by atoms with E-state index in [9.17, 15) is 9.50 Å². The van der Waals surface area contributed by atoms with Crippen LogP contribution in [0, 0.1) is 5.82 Å². The lowest BCUT2D eigenvalue weighted by Gasteiger charge is -2.24. The molecule has 0 spiro atoms. The van der Waals surface area contributed by atoms with Crippen molar-refractivity contribution in [1.82, 2.24) is 0 Å². The molecule has 1 N–H and O–H groups in total. The fourth-order valence-corrected chi connectivity index (χ4v) is 3.45. The van der Waals surface area contributed by atoms with E-state index in [-0.39, 0.29) is 5.82 Å². The van der Waals surface area contributed by atoms with E-state index in [4.69, 9.17) is 4.74 Å². The molecule has 1 saturated heterocycles.